The minimum Gasteiger partial charge on any atom is -0.368 e. The summed E-state index contributed by atoms with van der Waals surface area (Å²) in [4.78, 5) is 4.61. The van der Waals surface area contributed by atoms with Gasteiger partial charge in [-0.25, -0.2) is 8.78 Å². The van der Waals surface area contributed by atoms with Gasteiger partial charge in [-0.3, -0.25) is 4.90 Å². The van der Waals surface area contributed by atoms with Crippen LogP contribution in [0.3, 0.4) is 0 Å². The minimum absolute atomic E-state index is 0.332. The first-order valence-corrected chi connectivity index (χ1v) is 8.08. The van der Waals surface area contributed by atoms with Gasteiger partial charge in [0.25, 0.3) is 0 Å². The Morgan fingerprint density at radius 3 is 2.65 bits per heavy atom. The van der Waals surface area contributed by atoms with Crippen molar-refractivity contribution in [2.75, 3.05) is 31.1 Å². The van der Waals surface area contributed by atoms with E-state index in [1.807, 2.05) is 0 Å². The number of benzene rings is 1. The highest BCUT2D eigenvalue weighted by Crippen LogP contribution is 2.30. The molecule has 0 bridgehead atoms. The van der Waals surface area contributed by atoms with Gasteiger partial charge >= 0.3 is 0 Å². The topological polar surface area (TPSA) is 6.48 Å². The fourth-order valence-electron chi connectivity index (χ4n) is 3.34. The van der Waals surface area contributed by atoms with Gasteiger partial charge in [0.15, 0.2) is 0 Å². The molecule has 2 saturated heterocycles. The molecule has 0 N–H and O–H groups in total. The minimum atomic E-state index is -0.541. The largest absolute Gasteiger partial charge is 0.368 e. The third kappa shape index (κ3) is 2.84. The lowest BCUT2D eigenvalue weighted by molar-refractivity contribution is 0.162. The standard InChI is InChI=1S/C15H19BrF2N2/c16-12-8-15(14(18)9-13(12)17)20-7-3-6-19-5-2-1-4-11(19)10-20/h8-9,11H,1-7,10H2. The van der Waals surface area contributed by atoms with Crippen LogP contribution in [0.5, 0.6) is 0 Å². The second-order valence-electron chi connectivity index (χ2n) is 5.70. The molecular weight excluding hydrogens is 326 g/mol. The van der Waals surface area contributed by atoms with Crippen molar-refractivity contribution >= 4 is 21.6 Å². The zero-order valence-electron chi connectivity index (χ0n) is 11.4. The number of rotatable bonds is 1. The van der Waals surface area contributed by atoms with Gasteiger partial charge in [-0.2, -0.15) is 0 Å². The molecule has 0 saturated carbocycles. The highest BCUT2D eigenvalue weighted by molar-refractivity contribution is 9.10. The average molecular weight is 345 g/mol. The van der Waals surface area contributed by atoms with E-state index in [-0.39, 0.29) is 0 Å². The molecule has 0 radical (unpaired) electrons. The lowest BCUT2D eigenvalue weighted by atomic mass is 10.0. The van der Waals surface area contributed by atoms with E-state index in [0.29, 0.717) is 16.2 Å². The smallest absolute Gasteiger partial charge is 0.149 e. The van der Waals surface area contributed by atoms with Gasteiger partial charge in [0, 0.05) is 31.7 Å². The van der Waals surface area contributed by atoms with Crippen LogP contribution in [0.25, 0.3) is 0 Å². The summed E-state index contributed by atoms with van der Waals surface area (Å²) in [6.07, 6.45) is 4.74. The lowest BCUT2D eigenvalue weighted by Gasteiger charge is -2.36. The van der Waals surface area contributed by atoms with Gasteiger partial charge < -0.3 is 4.90 Å². The third-order valence-electron chi connectivity index (χ3n) is 4.38. The highest BCUT2D eigenvalue weighted by Gasteiger charge is 2.28. The molecular formula is C15H19BrF2N2. The molecule has 2 aliphatic rings. The molecule has 5 heteroatoms. The normalized spacial score (nSPS) is 24.4. The van der Waals surface area contributed by atoms with Crippen molar-refractivity contribution in [3.63, 3.8) is 0 Å². The number of anilines is 1. The molecule has 2 heterocycles. The Bertz CT molecular complexity index is 495. The van der Waals surface area contributed by atoms with E-state index in [1.54, 1.807) is 6.07 Å². The van der Waals surface area contributed by atoms with Gasteiger partial charge in [-0.05, 0) is 47.8 Å². The van der Waals surface area contributed by atoms with Crippen LogP contribution in [0.1, 0.15) is 25.7 Å². The number of fused-ring (bicyclic) bond motifs is 1. The molecule has 0 aliphatic carbocycles. The van der Waals surface area contributed by atoms with Gasteiger partial charge in [-0.1, -0.05) is 6.42 Å². The van der Waals surface area contributed by atoms with E-state index in [1.165, 1.54) is 19.3 Å². The second-order valence-corrected chi connectivity index (χ2v) is 6.56. The van der Waals surface area contributed by atoms with E-state index in [2.05, 4.69) is 25.7 Å². The number of nitrogens with zero attached hydrogens (tertiary/aromatic N) is 2. The van der Waals surface area contributed by atoms with Gasteiger partial charge in [0.2, 0.25) is 0 Å². The molecule has 20 heavy (non-hydrogen) atoms. The van der Waals surface area contributed by atoms with E-state index in [4.69, 9.17) is 0 Å². The zero-order valence-corrected chi connectivity index (χ0v) is 13.0. The third-order valence-corrected chi connectivity index (χ3v) is 4.99. The Balaban J connectivity index is 1.84. The van der Waals surface area contributed by atoms with Crippen LogP contribution in [0.15, 0.2) is 16.6 Å². The Morgan fingerprint density at radius 1 is 1.00 bits per heavy atom. The molecule has 0 amide bonds. The summed E-state index contributed by atoms with van der Waals surface area (Å²) in [5.41, 5.74) is 0.519. The van der Waals surface area contributed by atoms with Crippen molar-refractivity contribution in [2.45, 2.75) is 31.7 Å². The van der Waals surface area contributed by atoms with E-state index in [9.17, 15) is 8.78 Å². The molecule has 110 valence electrons. The van der Waals surface area contributed by atoms with Crippen LogP contribution in [0.4, 0.5) is 14.5 Å². The highest BCUT2D eigenvalue weighted by atomic mass is 79.9. The zero-order chi connectivity index (χ0) is 14.1. The van der Waals surface area contributed by atoms with Crippen molar-refractivity contribution in [1.29, 1.82) is 0 Å². The summed E-state index contributed by atoms with van der Waals surface area (Å²) in [5.74, 6) is -1.00. The fourth-order valence-corrected chi connectivity index (χ4v) is 3.68. The van der Waals surface area contributed by atoms with Crippen LogP contribution in [-0.2, 0) is 0 Å². The molecule has 2 nitrogen and oxygen atoms in total. The maximum absolute atomic E-state index is 14.1. The Hall–Kier alpha value is -0.680. The maximum atomic E-state index is 14.1. The molecule has 0 spiro atoms. The number of hydrogen-bond acceptors (Lipinski definition) is 2. The first-order chi connectivity index (χ1) is 9.65. The number of hydrogen-bond donors (Lipinski definition) is 0. The van der Waals surface area contributed by atoms with Crippen molar-refractivity contribution in [1.82, 2.24) is 4.90 Å². The second kappa shape index (κ2) is 5.98. The first kappa shape index (κ1) is 14.3. The molecule has 2 aliphatic heterocycles. The van der Waals surface area contributed by atoms with E-state index >= 15 is 0 Å². The summed E-state index contributed by atoms with van der Waals surface area (Å²) >= 11 is 3.16. The summed E-state index contributed by atoms with van der Waals surface area (Å²) in [6, 6.07) is 3.06. The van der Waals surface area contributed by atoms with Crippen LogP contribution >= 0.6 is 15.9 Å². The van der Waals surface area contributed by atoms with Crippen molar-refractivity contribution < 1.29 is 8.78 Å². The lowest BCUT2D eigenvalue weighted by Crippen LogP contribution is -2.44. The van der Waals surface area contributed by atoms with Gasteiger partial charge in [0.05, 0.1) is 10.2 Å². The van der Waals surface area contributed by atoms with Crippen LogP contribution < -0.4 is 4.90 Å². The van der Waals surface area contributed by atoms with Crippen molar-refractivity contribution in [3.8, 4) is 0 Å². The molecule has 0 aromatic heterocycles. The summed E-state index contributed by atoms with van der Waals surface area (Å²) < 4.78 is 27.7. The van der Waals surface area contributed by atoms with Crippen molar-refractivity contribution in [2.24, 2.45) is 0 Å². The molecule has 1 unspecified atom stereocenters. The molecule has 3 rings (SSSR count). The van der Waals surface area contributed by atoms with Crippen LogP contribution in [0, 0.1) is 11.6 Å². The van der Waals surface area contributed by atoms with Crippen molar-refractivity contribution in [3.05, 3.63) is 28.2 Å². The number of piperidine rings is 1. The van der Waals surface area contributed by atoms with E-state index < -0.39 is 11.6 Å². The monoisotopic (exact) mass is 344 g/mol. The Kier molecular flexibility index (Phi) is 4.26. The maximum Gasteiger partial charge on any atom is 0.149 e. The summed E-state index contributed by atoms with van der Waals surface area (Å²) in [5, 5.41) is 0. The predicted octanol–water partition coefficient (Wildman–Crippen LogP) is 3.79. The SMILES string of the molecule is Fc1cc(F)c(N2CCCN3CCCCC3C2)cc1Br. The van der Waals surface area contributed by atoms with Gasteiger partial charge in [-0.15, -0.1) is 0 Å². The Morgan fingerprint density at radius 2 is 1.80 bits per heavy atom. The first-order valence-electron chi connectivity index (χ1n) is 7.28. The summed E-state index contributed by atoms with van der Waals surface area (Å²) in [6.45, 7) is 3.93. The predicted molar refractivity (Wildman–Crippen MR) is 80.1 cm³/mol. The quantitative estimate of drug-likeness (QED) is 0.715. The molecule has 2 fully saturated rings. The number of halogens is 3. The molecule has 1 aromatic rings. The van der Waals surface area contributed by atoms with Crippen LogP contribution in [-0.4, -0.2) is 37.1 Å². The van der Waals surface area contributed by atoms with Gasteiger partial charge in [0.1, 0.15) is 11.6 Å². The average Bonchev–Trinajstić information content (AvgIpc) is 2.65. The molecule has 1 aromatic carbocycles. The Labute approximate surface area is 126 Å². The van der Waals surface area contributed by atoms with E-state index in [0.717, 1.165) is 38.7 Å². The molecule has 1 atom stereocenters. The summed E-state index contributed by atoms with van der Waals surface area (Å²) in [7, 11) is 0. The van der Waals surface area contributed by atoms with Crippen LogP contribution in [0.2, 0.25) is 0 Å². The fraction of sp³-hybridized carbons (Fsp3) is 0.600.